The number of aromatic nitrogens is 1. The minimum atomic E-state index is -4.46. The molecule has 5 nitrogen and oxygen atoms in total. The molecule has 8 heteroatoms. The fourth-order valence-electron chi connectivity index (χ4n) is 2.87. The van der Waals surface area contributed by atoms with Crippen molar-refractivity contribution in [3.05, 3.63) is 77.5 Å². The molecule has 0 unspecified atom stereocenters. The summed E-state index contributed by atoms with van der Waals surface area (Å²) in [7, 11) is 0. The number of para-hydroxylation sites is 1. The number of amides is 1. The summed E-state index contributed by atoms with van der Waals surface area (Å²) in [6.07, 6.45) is -4.70. The highest BCUT2D eigenvalue weighted by Crippen LogP contribution is 2.29. The molecule has 0 aliphatic carbocycles. The third-order valence-corrected chi connectivity index (χ3v) is 4.35. The van der Waals surface area contributed by atoms with Gasteiger partial charge in [0.2, 0.25) is 5.91 Å². The molecule has 0 aliphatic heterocycles. The zero-order valence-electron chi connectivity index (χ0n) is 15.1. The van der Waals surface area contributed by atoms with Crippen LogP contribution < -0.4 is 5.32 Å². The molecule has 3 aromatic rings. The second kappa shape index (κ2) is 8.30. The summed E-state index contributed by atoms with van der Waals surface area (Å²) < 4.78 is 37.8. The number of carboxylic acid groups (broad SMARTS) is 1. The van der Waals surface area contributed by atoms with Gasteiger partial charge >= 0.3 is 12.1 Å². The van der Waals surface area contributed by atoms with Crippen molar-refractivity contribution in [3.63, 3.8) is 0 Å². The van der Waals surface area contributed by atoms with Crippen molar-refractivity contribution in [2.24, 2.45) is 0 Å². The van der Waals surface area contributed by atoms with Crippen molar-refractivity contribution in [2.45, 2.75) is 25.1 Å². The van der Waals surface area contributed by atoms with Gasteiger partial charge in [-0.15, -0.1) is 0 Å². The summed E-state index contributed by atoms with van der Waals surface area (Å²) in [4.78, 5) is 28.1. The molecular weight excluding hydrogens is 385 g/mol. The van der Waals surface area contributed by atoms with Crippen molar-refractivity contribution in [2.75, 3.05) is 0 Å². The van der Waals surface area contributed by atoms with E-state index in [1.807, 2.05) is 24.3 Å². The number of rotatable bonds is 6. The Morgan fingerprint density at radius 1 is 1.00 bits per heavy atom. The Bertz CT molecular complexity index is 1030. The van der Waals surface area contributed by atoms with Crippen LogP contribution in [0.5, 0.6) is 0 Å². The van der Waals surface area contributed by atoms with Gasteiger partial charge in [-0.05, 0) is 29.8 Å². The molecule has 1 amide bonds. The molecule has 0 aliphatic rings. The summed E-state index contributed by atoms with van der Waals surface area (Å²) >= 11 is 0. The molecule has 3 rings (SSSR count). The Morgan fingerprint density at radius 3 is 2.34 bits per heavy atom. The predicted octanol–water partition coefficient (Wildman–Crippen LogP) is 3.61. The molecule has 1 atom stereocenters. The second-order valence-corrected chi connectivity index (χ2v) is 6.53. The number of nitrogens with one attached hydrogen (secondary N) is 1. The van der Waals surface area contributed by atoms with Crippen LogP contribution in [0.3, 0.4) is 0 Å². The van der Waals surface area contributed by atoms with Gasteiger partial charge in [0, 0.05) is 17.5 Å². The number of halogens is 3. The first kappa shape index (κ1) is 20.3. The second-order valence-electron chi connectivity index (χ2n) is 6.53. The number of pyridine rings is 1. The Balaban J connectivity index is 1.66. The normalized spacial score (nSPS) is 12.5. The number of aliphatic carboxylic acids is 1. The summed E-state index contributed by atoms with van der Waals surface area (Å²) in [5.74, 6) is -1.82. The molecule has 0 radical (unpaired) electrons. The number of carbonyl (C=O) groups excluding carboxylic acids is 1. The third kappa shape index (κ3) is 5.31. The Labute approximate surface area is 164 Å². The van der Waals surface area contributed by atoms with Gasteiger partial charge < -0.3 is 10.4 Å². The quantitative estimate of drug-likeness (QED) is 0.660. The van der Waals surface area contributed by atoms with Crippen LogP contribution in [-0.2, 0) is 28.6 Å². The predicted molar refractivity (Wildman–Crippen MR) is 100 cm³/mol. The molecule has 150 valence electrons. The van der Waals surface area contributed by atoms with Crippen LogP contribution >= 0.6 is 0 Å². The van der Waals surface area contributed by atoms with Crippen molar-refractivity contribution in [3.8, 4) is 0 Å². The number of benzene rings is 2. The van der Waals surface area contributed by atoms with E-state index < -0.39 is 29.7 Å². The molecule has 29 heavy (non-hydrogen) atoms. The average Bonchev–Trinajstić information content (AvgIpc) is 2.67. The molecule has 0 saturated carbocycles. The minimum absolute atomic E-state index is 0.0150. The lowest BCUT2D eigenvalue weighted by Gasteiger charge is -2.15. The Hall–Kier alpha value is -3.42. The first-order valence-electron chi connectivity index (χ1n) is 8.75. The molecule has 1 heterocycles. The smallest absolute Gasteiger partial charge is 0.416 e. The summed E-state index contributed by atoms with van der Waals surface area (Å²) in [6, 6.07) is 13.8. The molecule has 2 N–H and O–H groups in total. The van der Waals surface area contributed by atoms with Crippen LogP contribution in [0.1, 0.15) is 16.8 Å². The fraction of sp³-hybridized carbons (Fsp3) is 0.190. The molecule has 1 aromatic heterocycles. The van der Waals surface area contributed by atoms with Gasteiger partial charge in [-0.1, -0.05) is 36.4 Å². The summed E-state index contributed by atoms with van der Waals surface area (Å²) in [5.41, 5.74) is 0.757. The topological polar surface area (TPSA) is 79.3 Å². The number of alkyl halides is 3. The lowest BCUT2D eigenvalue weighted by molar-refractivity contribution is -0.141. The maximum atomic E-state index is 12.6. The first-order chi connectivity index (χ1) is 13.7. The zero-order chi connectivity index (χ0) is 21.0. The lowest BCUT2D eigenvalue weighted by atomic mass is 10.1. The maximum Gasteiger partial charge on any atom is 0.416 e. The third-order valence-electron chi connectivity index (χ3n) is 4.35. The van der Waals surface area contributed by atoms with Gasteiger partial charge in [-0.3, -0.25) is 9.78 Å². The molecule has 0 saturated heterocycles. The summed E-state index contributed by atoms with van der Waals surface area (Å²) in [6.45, 7) is 0. The Morgan fingerprint density at radius 2 is 1.69 bits per heavy atom. The number of fused-ring (bicyclic) bond motifs is 1. The zero-order valence-corrected chi connectivity index (χ0v) is 15.1. The van der Waals surface area contributed by atoms with Crippen molar-refractivity contribution in [1.29, 1.82) is 0 Å². The van der Waals surface area contributed by atoms with Gasteiger partial charge in [0.25, 0.3) is 0 Å². The van der Waals surface area contributed by atoms with E-state index in [-0.39, 0.29) is 12.8 Å². The number of carboxylic acids is 1. The largest absolute Gasteiger partial charge is 0.480 e. The van der Waals surface area contributed by atoms with Crippen molar-refractivity contribution >= 4 is 22.8 Å². The SMILES string of the molecule is O=C(Cc1ccc(C(F)(F)F)cc1)N[C@H](Cc1ccc2ccccc2n1)C(=O)O. The monoisotopic (exact) mass is 402 g/mol. The molecule has 0 bridgehead atoms. The van der Waals surface area contributed by atoms with E-state index in [0.29, 0.717) is 16.8 Å². The number of carbonyl (C=O) groups is 2. The van der Waals surface area contributed by atoms with Gasteiger partial charge in [-0.2, -0.15) is 13.2 Å². The number of hydrogen-bond donors (Lipinski definition) is 2. The van der Waals surface area contributed by atoms with Crippen LogP contribution in [0.4, 0.5) is 13.2 Å². The van der Waals surface area contributed by atoms with E-state index in [0.717, 1.165) is 17.5 Å². The fourth-order valence-corrected chi connectivity index (χ4v) is 2.87. The van der Waals surface area contributed by atoms with Gasteiger partial charge in [0.1, 0.15) is 6.04 Å². The van der Waals surface area contributed by atoms with E-state index >= 15 is 0 Å². The summed E-state index contributed by atoms with van der Waals surface area (Å²) in [5, 5.41) is 12.7. The van der Waals surface area contributed by atoms with E-state index in [9.17, 15) is 27.9 Å². The van der Waals surface area contributed by atoms with E-state index in [1.165, 1.54) is 12.1 Å². The molecule has 2 aromatic carbocycles. The van der Waals surface area contributed by atoms with Crippen LogP contribution in [0.25, 0.3) is 10.9 Å². The standard InChI is InChI=1S/C21H17F3N2O3/c22-21(23,24)15-8-5-13(6-9-15)11-19(27)26-18(20(28)29)12-16-10-7-14-3-1-2-4-17(14)25-16/h1-10,18H,11-12H2,(H,26,27)(H,28,29)/t18-/m1/s1. The molecule has 0 spiro atoms. The maximum absolute atomic E-state index is 12.6. The van der Waals surface area contributed by atoms with Gasteiger partial charge in [0.05, 0.1) is 17.5 Å². The lowest BCUT2D eigenvalue weighted by Crippen LogP contribution is -2.43. The van der Waals surface area contributed by atoms with E-state index in [2.05, 4.69) is 10.3 Å². The van der Waals surface area contributed by atoms with Gasteiger partial charge in [0.15, 0.2) is 0 Å². The van der Waals surface area contributed by atoms with Crippen LogP contribution in [0, 0.1) is 0 Å². The van der Waals surface area contributed by atoms with Crippen LogP contribution in [0.15, 0.2) is 60.7 Å². The average molecular weight is 402 g/mol. The van der Waals surface area contributed by atoms with E-state index in [1.54, 1.807) is 12.1 Å². The van der Waals surface area contributed by atoms with E-state index in [4.69, 9.17) is 0 Å². The highest BCUT2D eigenvalue weighted by Gasteiger charge is 2.30. The number of hydrogen-bond acceptors (Lipinski definition) is 3. The molecular formula is C21H17F3N2O3. The molecule has 0 fully saturated rings. The first-order valence-corrected chi connectivity index (χ1v) is 8.75. The highest BCUT2D eigenvalue weighted by atomic mass is 19.4. The van der Waals surface area contributed by atoms with Crippen LogP contribution in [-0.4, -0.2) is 28.0 Å². The Kier molecular flexibility index (Phi) is 5.81. The number of nitrogens with zero attached hydrogens (tertiary/aromatic N) is 1. The minimum Gasteiger partial charge on any atom is -0.480 e. The van der Waals surface area contributed by atoms with Crippen molar-refractivity contribution in [1.82, 2.24) is 10.3 Å². The van der Waals surface area contributed by atoms with Crippen LogP contribution in [0.2, 0.25) is 0 Å². The van der Waals surface area contributed by atoms with Crippen molar-refractivity contribution < 1.29 is 27.9 Å². The van der Waals surface area contributed by atoms with Gasteiger partial charge in [-0.25, -0.2) is 4.79 Å². The highest BCUT2D eigenvalue weighted by molar-refractivity contribution is 5.85.